The van der Waals surface area contributed by atoms with Crippen molar-refractivity contribution in [1.29, 1.82) is 0 Å². The Hall–Kier alpha value is -2.37. The maximum absolute atomic E-state index is 5.88. The minimum absolute atomic E-state index is 0.324. The highest BCUT2D eigenvalue weighted by Gasteiger charge is 2.15. The Labute approximate surface area is 143 Å². The summed E-state index contributed by atoms with van der Waals surface area (Å²) in [7, 11) is 1.68. The average molecular weight is 327 g/mol. The van der Waals surface area contributed by atoms with Gasteiger partial charge in [0.25, 0.3) is 0 Å². The van der Waals surface area contributed by atoms with Gasteiger partial charge in [-0.05, 0) is 49.8 Å². The number of anilines is 2. The van der Waals surface area contributed by atoms with Gasteiger partial charge in [0.2, 0.25) is 11.9 Å². The Balaban J connectivity index is 1.58. The molecule has 3 rings (SSSR count). The minimum Gasteiger partial charge on any atom is -0.497 e. The second-order valence-electron chi connectivity index (χ2n) is 6.16. The molecule has 6 heteroatoms. The summed E-state index contributed by atoms with van der Waals surface area (Å²) < 4.78 is 5.18. The second-order valence-corrected chi connectivity index (χ2v) is 6.16. The molecule has 1 aromatic carbocycles. The zero-order chi connectivity index (χ0) is 16.8. The Morgan fingerprint density at radius 3 is 2.46 bits per heavy atom. The number of aryl methyl sites for hydroxylation is 2. The first-order valence-corrected chi connectivity index (χ1v) is 8.63. The molecule has 24 heavy (non-hydrogen) atoms. The van der Waals surface area contributed by atoms with Gasteiger partial charge >= 0.3 is 0 Å². The van der Waals surface area contributed by atoms with E-state index in [1.807, 2.05) is 12.1 Å². The molecule has 0 unspecified atom stereocenters. The molecule has 128 valence electrons. The number of hydrogen-bond acceptors (Lipinski definition) is 6. The van der Waals surface area contributed by atoms with Crippen molar-refractivity contribution in [2.75, 3.05) is 30.8 Å². The Kier molecular flexibility index (Phi) is 5.46. The molecule has 1 aliphatic rings. The van der Waals surface area contributed by atoms with Crippen molar-refractivity contribution < 1.29 is 4.74 Å². The standard InChI is InChI=1S/C18H25N5O/c1-24-15-10-8-14(9-11-15)6-5-7-16-20-17(19)22-18(21-16)23-12-3-2-4-13-23/h8-11H,2-7,12-13H2,1H3,(H2,19,20,21,22). The number of nitrogen functional groups attached to an aromatic ring is 1. The van der Waals surface area contributed by atoms with Crippen LogP contribution >= 0.6 is 0 Å². The van der Waals surface area contributed by atoms with Crippen LogP contribution in [-0.4, -0.2) is 35.2 Å². The van der Waals surface area contributed by atoms with Crippen LogP contribution in [0.15, 0.2) is 24.3 Å². The average Bonchev–Trinajstić information content (AvgIpc) is 2.63. The Morgan fingerprint density at radius 1 is 1.00 bits per heavy atom. The van der Waals surface area contributed by atoms with Crippen molar-refractivity contribution in [3.8, 4) is 5.75 Å². The van der Waals surface area contributed by atoms with Gasteiger partial charge in [-0.3, -0.25) is 0 Å². The highest BCUT2D eigenvalue weighted by Crippen LogP contribution is 2.17. The van der Waals surface area contributed by atoms with Gasteiger partial charge < -0.3 is 15.4 Å². The van der Waals surface area contributed by atoms with E-state index in [1.165, 1.54) is 24.8 Å². The van der Waals surface area contributed by atoms with Crippen molar-refractivity contribution in [1.82, 2.24) is 15.0 Å². The fraction of sp³-hybridized carbons (Fsp3) is 0.500. The lowest BCUT2D eigenvalue weighted by atomic mass is 10.1. The summed E-state index contributed by atoms with van der Waals surface area (Å²) in [5.41, 5.74) is 7.16. The van der Waals surface area contributed by atoms with Crippen LogP contribution in [0.3, 0.4) is 0 Å². The number of nitrogens with zero attached hydrogens (tertiary/aromatic N) is 4. The van der Waals surface area contributed by atoms with Crippen LogP contribution < -0.4 is 15.4 Å². The fourth-order valence-corrected chi connectivity index (χ4v) is 3.02. The van der Waals surface area contributed by atoms with Crippen LogP contribution in [-0.2, 0) is 12.8 Å². The second kappa shape index (κ2) is 7.95. The van der Waals surface area contributed by atoms with Crippen LogP contribution in [0.25, 0.3) is 0 Å². The van der Waals surface area contributed by atoms with Crippen molar-refractivity contribution in [3.63, 3.8) is 0 Å². The Bertz CT molecular complexity index is 653. The van der Waals surface area contributed by atoms with Gasteiger partial charge in [0.1, 0.15) is 11.6 Å². The molecule has 1 saturated heterocycles. The van der Waals surface area contributed by atoms with Gasteiger partial charge in [-0.15, -0.1) is 0 Å². The highest BCUT2D eigenvalue weighted by molar-refractivity contribution is 5.35. The fourth-order valence-electron chi connectivity index (χ4n) is 3.02. The van der Waals surface area contributed by atoms with Crippen molar-refractivity contribution >= 4 is 11.9 Å². The molecule has 2 N–H and O–H groups in total. The van der Waals surface area contributed by atoms with Gasteiger partial charge in [-0.2, -0.15) is 15.0 Å². The van der Waals surface area contributed by atoms with Crippen molar-refractivity contribution in [3.05, 3.63) is 35.7 Å². The molecule has 2 heterocycles. The molecule has 0 radical (unpaired) electrons. The molecular weight excluding hydrogens is 302 g/mol. The maximum atomic E-state index is 5.88. The topological polar surface area (TPSA) is 77.2 Å². The summed E-state index contributed by atoms with van der Waals surface area (Å²) >= 11 is 0. The van der Waals surface area contributed by atoms with E-state index in [-0.39, 0.29) is 0 Å². The number of methoxy groups -OCH3 is 1. The number of hydrogen-bond donors (Lipinski definition) is 1. The first kappa shape index (κ1) is 16.5. The summed E-state index contributed by atoms with van der Waals surface area (Å²) in [5, 5.41) is 0. The van der Waals surface area contributed by atoms with Crippen LogP contribution in [0.5, 0.6) is 5.75 Å². The Morgan fingerprint density at radius 2 is 1.75 bits per heavy atom. The van der Waals surface area contributed by atoms with Crippen LogP contribution in [0.1, 0.15) is 37.1 Å². The zero-order valence-electron chi connectivity index (χ0n) is 14.2. The maximum Gasteiger partial charge on any atom is 0.230 e. The smallest absolute Gasteiger partial charge is 0.230 e. The van der Waals surface area contributed by atoms with E-state index in [0.29, 0.717) is 5.95 Å². The molecule has 0 spiro atoms. The van der Waals surface area contributed by atoms with E-state index in [9.17, 15) is 0 Å². The van der Waals surface area contributed by atoms with Crippen LogP contribution in [0, 0.1) is 0 Å². The lowest BCUT2D eigenvalue weighted by Gasteiger charge is -2.26. The van der Waals surface area contributed by atoms with Gasteiger partial charge in [0.05, 0.1) is 7.11 Å². The predicted molar refractivity (Wildman–Crippen MR) is 95.3 cm³/mol. The predicted octanol–water partition coefficient (Wildman–Crippen LogP) is 2.63. The van der Waals surface area contributed by atoms with Gasteiger partial charge in [-0.25, -0.2) is 0 Å². The lowest BCUT2D eigenvalue weighted by Crippen LogP contribution is -2.31. The van der Waals surface area contributed by atoms with E-state index >= 15 is 0 Å². The molecule has 6 nitrogen and oxygen atoms in total. The SMILES string of the molecule is COc1ccc(CCCc2nc(N)nc(N3CCCCC3)n2)cc1. The van der Waals surface area contributed by atoms with Crippen molar-refractivity contribution in [2.45, 2.75) is 38.5 Å². The van der Waals surface area contributed by atoms with E-state index < -0.39 is 0 Å². The number of benzene rings is 1. The number of nitrogens with two attached hydrogens (primary N) is 1. The van der Waals surface area contributed by atoms with Gasteiger partial charge in [0, 0.05) is 19.5 Å². The largest absolute Gasteiger partial charge is 0.497 e. The number of aromatic nitrogens is 3. The van der Waals surface area contributed by atoms with E-state index in [2.05, 4.69) is 32.0 Å². The molecular formula is C18H25N5O. The summed E-state index contributed by atoms with van der Waals surface area (Å²) in [6, 6.07) is 8.18. The summed E-state index contributed by atoms with van der Waals surface area (Å²) in [5.74, 6) is 2.73. The van der Waals surface area contributed by atoms with Gasteiger partial charge in [0.15, 0.2) is 0 Å². The first-order valence-electron chi connectivity index (χ1n) is 8.63. The third-order valence-electron chi connectivity index (χ3n) is 4.35. The van der Waals surface area contributed by atoms with Crippen LogP contribution in [0.4, 0.5) is 11.9 Å². The first-order chi connectivity index (χ1) is 11.7. The minimum atomic E-state index is 0.324. The number of rotatable bonds is 6. The molecule has 0 amide bonds. The zero-order valence-corrected chi connectivity index (χ0v) is 14.2. The van der Waals surface area contributed by atoms with E-state index in [4.69, 9.17) is 10.5 Å². The highest BCUT2D eigenvalue weighted by atomic mass is 16.5. The molecule has 0 bridgehead atoms. The molecule has 1 aromatic heterocycles. The molecule has 1 fully saturated rings. The van der Waals surface area contributed by atoms with Gasteiger partial charge in [-0.1, -0.05) is 12.1 Å². The van der Waals surface area contributed by atoms with Crippen molar-refractivity contribution in [2.24, 2.45) is 0 Å². The number of piperidine rings is 1. The molecule has 2 aromatic rings. The van der Waals surface area contributed by atoms with E-state index in [0.717, 1.165) is 49.9 Å². The summed E-state index contributed by atoms with van der Waals surface area (Å²) in [6.07, 6.45) is 6.44. The third-order valence-corrected chi connectivity index (χ3v) is 4.35. The number of ether oxygens (including phenoxy) is 1. The molecule has 0 aliphatic carbocycles. The molecule has 0 saturated carbocycles. The summed E-state index contributed by atoms with van der Waals surface area (Å²) in [4.78, 5) is 15.4. The normalized spacial score (nSPS) is 14.6. The monoisotopic (exact) mass is 327 g/mol. The summed E-state index contributed by atoms with van der Waals surface area (Å²) in [6.45, 7) is 2.02. The quantitative estimate of drug-likeness (QED) is 0.879. The van der Waals surface area contributed by atoms with Crippen LogP contribution in [0.2, 0.25) is 0 Å². The molecule has 0 atom stereocenters. The molecule has 1 aliphatic heterocycles. The third kappa shape index (κ3) is 4.34. The lowest BCUT2D eigenvalue weighted by molar-refractivity contribution is 0.414. The van der Waals surface area contributed by atoms with E-state index in [1.54, 1.807) is 7.11 Å².